The second-order valence-electron chi connectivity index (χ2n) is 7.30. The summed E-state index contributed by atoms with van der Waals surface area (Å²) >= 11 is 0. The number of amides is 1. The number of likely N-dealkylation sites (tertiary alicyclic amines) is 1. The summed E-state index contributed by atoms with van der Waals surface area (Å²) in [7, 11) is 2.03. The Morgan fingerprint density at radius 2 is 1.81 bits per heavy atom. The number of aromatic hydroxyl groups is 1. The van der Waals surface area contributed by atoms with Gasteiger partial charge in [0, 0.05) is 18.7 Å². The molecule has 2 N–H and O–H groups in total. The standard InChI is InChI=1S/C22H28N2O3/c1-16(25)24(18-11-13-20(26)14-12-18)22-10-6-9-19(23(22)2)15-21(27)17-7-4-3-5-8-17/h3-5,7-8,11-14,19,21-22,26-27H,6,9-10,15H2,1-2H3. The molecule has 2 aromatic carbocycles. The van der Waals surface area contributed by atoms with Crippen LogP contribution in [-0.2, 0) is 4.79 Å². The molecule has 0 saturated carbocycles. The predicted molar refractivity (Wildman–Crippen MR) is 106 cm³/mol. The lowest BCUT2D eigenvalue weighted by atomic mass is 9.92. The molecule has 0 aliphatic carbocycles. The molecule has 0 spiro atoms. The first-order valence-corrected chi connectivity index (χ1v) is 9.51. The summed E-state index contributed by atoms with van der Waals surface area (Å²) in [6, 6.07) is 16.7. The molecule has 1 fully saturated rings. The van der Waals surface area contributed by atoms with Gasteiger partial charge < -0.3 is 10.2 Å². The largest absolute Gasteiger partial charge is 0.508 e. The lowest BCUT2D eigenvalue weighted by molar-refractivity contribution is -0.118. The molecular formula is C22H28N2O3. The molecule has 0 radical (unpaired) electrons. The van der Waals surface area contributed by atoms with E-state index in [-0.39, 0.29) is 23.9 Å². The number of rotatable bonds is 5. The molecule has 3 rings (SSSR count). The molecule has 5 nitrogen and oxygen atoms in total. The topological polar surface area (TPSA) is 64.0 Å². The number of benzene rings is 2. The zero-order valence-electron chi connectivity index (χ0n) is 16.0. The molecule has 3 atom stereocenters. The summed E-state index contributed by atoms with van der Waals surface area (Å²) in [5, 5.41) is 20.2. The lowest BCUT2D eigenvalue weighted by Crippen LogP contribution is -2.55. The van der Waals surface area contributed by atoms with E-state index in [0.29, 0.717) is 6.42 Å². The predicted octanol–water partition coefficient (Wildman–Crippen LogP) is 3.68. The van der Waals surface area contributed by atoms with E-state index in [1.165, 1.54) is 0 Å². The van der Waals surface area contributed by atoms with E-state index in [1.54, 1.807) is 36.1 Å². The van der Waals surface area contributed by atoms with Crippen molar-refractivity contribution in [1.82, 2.24) is 4.90 Å². The number of piperidine rings is 1. The first-order valence-electron chi connectivity index (χ1n) is 9.51. The summed E-state index contributed by atoms with van der Waals surface area (Å²) < 4.78 is 0. The maximum Gasteiger partial charge on any atom is 0.225 e. The number of phenolic OH excluding ortho intramolecular Hbond substituents is 1. The van der Waals surface area contributed by atoms with Crippen LogP contribution in [0.2, 0.25) is 0 Å². The number of carbonyl (C=O) groups is 1. The zero-order valence-corrected chi connectivity index (χ0v) is 16.0. The van der Waals surface area contributed by atoms with Gasteiger partial charge in [-0.05, 0) is 62.6 Å². The third-order valence-electron chi connectivity index (χ3n) is 5.49. The molecule has 27 heavy (non-hydrogen) atoms. The number of carbonyl (C=O) groups excluding carboxylic acids is 1. The van der Waals surface area contributed by atoms with Crippen LogP contribution < -0.4 is 4.90 Å². The minimum absolute atomic E-state index is 0.0261. The molecule has 1 aliphatic heterocycles. The zero-order chi connectivity index (χ0) is 19.4. The lowest BCUT2D eigenvalue weighted by Gasteiger charge is -2.45. The summed E-state index contributed by atoms with van der Waals surface area (Å²) in [6.45, 7) is 1.57. The van der Waals surface area contributed by atoms with Gasteiger partial charge in [0.1, 0.15) is 5.75 Å². The van der Waals surface area contributed by atoms with Crippen LogP contribution >= 0.6 is 0 Å². The van der Waals surface area contributed by atoms with E-state index < -0.39 is 6.10 Å². The first-order chi connectivity index (χ1) is 13.0. The van der Waals surface area contributed by atoms with Gasteiger partial charge in [0.05, 0.1) is 12.3 Å². The van der Waals surface area contributed by atoms with Crippen LogP contribution in [0.25, 0.3) is 0 Å². The Balaban J connectivity index is 1.77. The van der Waals surface area contributed by atoms with Crippen molar-refractivity contribution in [2.75, 3.05) is 11.9 Å². The fraction of sp³-hybridized carbons (Fsp3) is 0.409. The van der Waals surface area contributed by atoms with E-state index >= 15 is 0 Å². The quantitative estimate of drug-likeness (QED) is 0.845. The Kier molecular flexibility index (Phi) is 6.14. The fourth-order valence-electron chi connectivity index (χ4n) is 4.03. The summed E-state index contributed by atoms with van der Waals surface area (Å²) in [4.78, 5) is 16.4. The summed E-state index contributed by atoms with van der Waals surface area (Å²) in [5.41, 5.74) is 1.70. The minimum Gasteiger partial charge on any atom is -0.508 e. The highest BCUT2D eigenvalue weighted by Crippen LogP contribution is 2.32. The number of hydrogen-bond acceptors (Lipinski definition) is 4. The average molecular weight is 368 g/mol. The third kappa shape index (κ3) is 4.49. The minimum atomic E-state index is -0.517. The molecule has 0 bridgehead atoms. The van der Waals surface area contributed by atoms with Gasteiger partial charge in [-0.1, -0.05) is 30.3 Å². The smallest absolute Gasteiger partial charge is 0.225 e. The molecule has 3 unspecified atom stereocenters. The molecule has 5 heteroatoms. The van der Waals surface area contributed by atoms with Gasteiger partial charge in [-0.3, -0.25) is 14.6 Å². The van der Waals surface area contributed by atoms with Crippen molar-refractivity contribution in [2.24, 2.45) is 0 Å². The van der Waals surface area contributed by atoms with Crippen LogP contribution in [0.4, 0.5) is 5.69 Å². The van der Waals surface area contributed by atoms with E-state index in [4.69, 9.17) is 0 Å². The maximum atomic E-state index is 12.4. The monoisotopic (exact) mass is 368 g/mol. The molecule has 0 aromatic heterocycles. The molecular weight excluding hydrogens is 340 g/mol. The van der Waals surface area contributed by atoms with Crippen LogP contribution in [0.1, 0.15) is 44.3 Å². The summed E-state index contributed by atoms with van der Waals surface area (Å²) in [6.07, 6.45) is 2.94. The fourth-order valence-corrected chi connectivity index (χ4v) is 4.03. The number of phenols is 1. The second-order valence-corrected chi connectivity index (χ2v) is 7.30. The third-order valence-corrected chi connectivity index (χ3v) is 5.49. The Morgan fingerprint density at radius 3 is 2.44 bits per heavy atom. The van der Waals surface area contributed by atoms with Crippen LogP contribution in [0.5, 0.6) is 5.75 Å². The van der Waals surface area contributed by atoms with Crippen molar-refractivity contribution in [3.05, 3.63) is 60.2 Å². The van der Waals surface area contributed by atoms with E-state index in [1.807, 2.05) is 37.4 Å². The van der Waals surface area contributed by atoms with Gasteiger partial charge in [-0.15, -0.1) is 0 Å². The van der Waals surface area contributed by atoms with Crippen molar-refractivity contribution in [2.45, 2.75) is 50.9 Å². The normalized spacial score (nSPS) is 21.6. The SMILES string of the molecule is CC(=O)N(c1ccc(O)cc1)C1CCCC(CC(O)c2ccccc2)N1C. The van der Waals surface area contributed by atoms with E-state index in [9.17, 15) is 15.0 Å². The van der Waals surface area contributed by atoms with Gasteiger partial charge >= 0.3 is 0 Å². The Labute approximate surface area is 160 Å². The molecule has 144 valence electrons. The molecule has 1 saturated heterocycles. The number of anilines is 1. The van der Waals surface area contributed by atoms with E-state index in [0.717, 1.165) is 30.5 Å². The summed E-state index contributed by atoms with van der Waals surface area (Å²) in [5.74, 6) is 0.157. The van der Waals surface area contributed by atoms with Gasteiger partial charge in [0.2, 0.25) is 5.91 Å². The van der Waals surface area contributed by atoms with Gasteiger partial charge in [-0.25, -0.2) is 0 Å². The number of aliphatic hydroxyl groups is 1. The van der Waals surface area contributed by atoms with Gasteiger partial charge in [0.25, 0.3) is 0 Å². The van der Waals surface area contributed by atoms with Gasteiger partial charge in [0.15, 0.2) is 0 Å². The van der Waals surface area contributed by atoms with Crippen LogP contribution in [-0.4, -0.2) is 40.3 Å². The van der Waals surface area contributed by atoms with Crippen molar-refractivity contribution in [1.29, 1.82) is 0 Å². The first kappa shape index (κ1) is 19.4. The van der Waals surface area contributed by atoms with E-state index in [2.05, 4.69) is 4.90 Å². The number of aliphatic hydroxyl groups excluding tert-OH is 1. The Hall–Kier alpha value is -2.37. The van der Waals surface area contributed by atoms with Crippen molar-refractivity contribution in [3.63, 3.8) is 0 Å². The second kappa shape index (κ2) is 8.55. The van der Waals surface area contributed by atoms with Crippen molar-refractivity contribution >= 4 is 11.6 Å². The van der Waals surface area contributed by atoms with Crippen molar-refractivity contribution in [3.8, 4) is 5.75 Å². The average Bonchev–Trinajstić information content (AvgIpc) is 2.67. The van der Waals surface area contributed by atoms with Crippen LogP contribution in [0.3, 0.4) is 0 Å². The Morgan fingerprint density at radius 1 is 1.15 bits per heavy atom. The molecule has 1 amide bonds. The van der Waals surface area contributed by atoms with Crippen LogP contribution in [0.15, 0.2) is 54.6 Å². The highest BCUT2D eigenvalue weighted by Gasteiger charge is 2.34. The highest BCUT2D eigenvalue weighted by atomic mass is 16.3. The van der Waals surface area contributed by atoms with Crippen molar-refractivity contribution < 1.29 is 15.0 Å². The molecule has 1 heterocycles. The Bertz CT molecular complexity index is 748. The maximum absolute atomic E-state index is 12.4. The van der Waals surface area contributed by atoms with Gasteiger partial charge in [-0.2, -0.15) is 0 Å². The number of nitrogens with zero attached hydrogens (tertiary/aromatic N) is 2. The molecule has 1 aliphatic rings. The molecule has 2 aromatic rings. The number of hydrogen-bond donors (Lipinski definition) is 2. The highest BCUT2D eigenvalue weighted by molar-refractivity contribution is 5.92. The van der Waals surface area contributed by atoms with Crippen LogP contribution in [0, 0.1) is 0 Å².